The van der Waals surface area contributed by atoms with Gasteiger partial charge in [0.05, 0.1) is 5.92 Å². The average Bonchev–Trinajstić information content (AvgIpc) is 3.06. The summed E-state index contributed by atoms with van der Waals surface area (Å²) in [6, 6.07) is 2.07. The Labute approximate surface area is 142 Å². The molecular weight excluding hydrogens is 308 g/mol. The minimum absolute atomic E-state index is 0.0804. The molecule has 1 aliphatic heterocycles. The molecule has 23 heavy (non-hydrogen) atoms. The highest BCUT2D eigenvalue weighted by molar-refractivity contribution is 7.07. The zero-order valence-corrected chi connectivity index (χ0v) is 14.7. The maximum Gasteiger partial charge on any atom is 0.227 e. The van der Waals surface area contributed by atoms with E-state index in [0.717, 1.165) is 19.4 Å². The van der Waals surface area contributed by atoms with Crippen LogP contribution in [-0.4, -0.2) is 41.2 Å². The Bertz CT molecular complexity index is 527. The van der Waals surface area contributed by atoms with Crippen LogP contribution in [0.5, 0.6) is 0 Å². The molecule has 1 saturated heterocycles. The van der Waals surface area contributed by atoms with Gasteiger partial charge in [0.15, 0.2) is 0 Å². The average molecular weight is 334 g/mol. The molecule has 126 valence electrons. The maximum absolute atomic E-state index is 13.0. The summed E-state index contributed by atoms with van der Waals surface area (Å²) in [6.07, 6.45) is 4.93. The van der Waals surface area contributed by atoms with Crippen LogP contribution < -0.4 is 0 Å². The molecule has 1 atom stereocenters. The first-order valence-electron chi connectivity index (χ1n) is 8.34. The molecule has 2 rings (SSSR count). The van der Waals surface area contributed by atoms with E-state index < -0.39 is 0 Å². The Balaban J connectivity index is 2.03. The lowest BCUT2D eigenvalue weighted by atomic mass is 9.95. The van der Waals surface area contributed by atoms with Gasteiger partial charge in [-0.2, -0.15) is 11.3 Å². The number of hydrogen-bond donors (Lipinski definition) is 0. The highest BCUT2D eigenvalue weighted by atomic mass is 32.1. The third-order valence-electron chi connectivity index (χ3n) is 4.25. The van der Waals surface area contributed by atoms with Crippen molar-refractivity contribution >= 4 is 23.2 Å². The first kappa shape index (κ1) is 17.7. The van der Waals surface area contributed by atoms with E-state index in [1.54, 1.807) is 22.3 Å². The summed E-state index contributed by atoms with van der Waals surface area (Å²) in [5.41, 5.74) is 1.19. The summed E-state index contributed by atoms with van der Waals surface area (Å²) in [5, 5.41) is 4.14. The summed E-state index contributed by atoms with van der Waals surface area (Å²) in [7, 11) is 0. The molecule has 1 aliphatic rings. The third kappa shape index (κ3) is 4.93. The van der Waals surface area contributed by atoms with Gasteiger partial charge in [0.2, 0.25) is 11.8 Å². The number of rotatable bonds is 8. The van der Waals surface area contributed by atoms with Crippen molar-refractivity contribution in [3.8, 4) is 0 Å². The second kappa shape index (κ2) is 8.87. The summed E-state index contributed by atoms with van der Waals surface area (Å²) in [5.74, 6) is 0.237. The van der Waals surface area contributed by atoms with E-state index in [9.17, 15) is 9.59 Å². The number of carbonyl (C=O) groups is 2. The van der Waals surface area contributed by atoms with Gasteiger partial charge in [-0.25, -0.2) is 0 Å². The molecule has 4 nitrogen and oxygen atoms in total. The molecule has 0 saturated carbocycles. The molecule has 0 radical (unpaired) electrons. The molecule has 0 aliphatic carbocycles. The summed E-state index contributed by atoms with van der Waals surface area (Å²) in [6.45, 7) is 8.35. The Morgan fingerprint density at radius 3 is 3.04 bits per heavy atom. The maximum atomic E-state index is 13.0. The Kier molecular flexibility index (Phi) is 6.84. The summed E-state index contributed by atoms with van der Waals surface area (Å²) in [4.78, 5) is 28.6. The molecule has 2 heterocycles. The standard InChI is InChI=1S/C18H26N2O2S/c1-3-5-10-20(12-15-8-11-23-14-15)18(22)16-6-7-17(21)19(13-16)9-4-2/h4,8,11,14,16H,2-3,5-7,9-10,12-13H2,1H3/t16-/m0/s1. The van der Waals surface area contributed by atoms with E-state index in [2.05, 4.69) is 24.9 Å². The zero-order valence-electron chi connectivity index (χ0n) is 13.9. The number of unbranched alkanes of at least 4 members (excludes halogenated alkanes) is 1. The lowest BCUT2D eigenvalue weighted by molar-refractivity contribution is -0.143. The molecule has 0 spiro atoms. The van der Waals surface area contributed by atoms with Crippen molar-refractivity contribution in [3.05, 3.63) is 35.0 Å². The van der Waals surface area contributed by atoms with Crippen molar-refractivity contribution in [1.29, 1.82) is 0 Å². The molecule has 0 bridgehead atoms. The van der Waals surface area contributed by atoms with E-state index in [0.29, 0.717) is 32.5 Å². The molecule has 0 unspecified atom stereocenters. The van der Waals surface area contributed by atoms with Crippen LogP contribution in [0.4, 0.5) is 0 Å². The summed E-state index contributed by atoms with van der Waals surface area (Å²) < 4.78 is 0. The molecular formula is C18H26N2O2S. The lowest BCUT2D eigenvalue weighted by Gasteiger charge is -2.34. The monoisotopic (exact) mass is 334 g/mol. The molecule has 0 N–H and O–H groups in total. The van der Waals surface area contributed by atoms with E-state index >= 15 is 0 Å². The van der Waals surface area contributed by atoms with Crippen molar-refractivity contribution < 1.29 is 9.59 Å². The van der Waals surface area contributed by atoms with Gasteiger partial charge in [0.25, 0.3) is 0 Å². The largest absolute Gasteiger partial charge is 0.338 e. The second-order valence-electron chi connectivity index (χ2n) is 6.07. The van der Waals surface area contributed by atoms with Gasteiger partial charge in [-0.3, -0.25) is 9.59 Å². The molecule has 1 fully saturated rings. The van der Waals surface area contributed by atoms with Crippen LogP contribution in [0.3, 0.4) is 0 Å². The fraction of sp³-hybridized carbons (Fsp3) is 0.556. The molecule has 0 aromatic carbocycles. The topological polar surface area (TPSA) is 40.6 Å². The van der Waals surface area contributed by atoms with Gasteiger partial charge in [-0.1, -0.05) is 19.4 Å². The Hall–Kier alpha value is -1.62. The molecule has 1 aromatic rings. The number of piperidine rings is 1. The zero-order chi connectivity index (χ0) is 16.7. The smallest absolute Gasteiger partial charge is 0.227 e. The van der Waals surface area contributed by atoms with Gasteiger partial charge in [0, 0.05) is 32.6 Å². The van der Waals surface area contributed by atoms with Crippen LogP contribution in [0.2, 0.25) is 0 Å². The molecule has 2 amide bonds. The number of likely N-dealkylation sites (tertiary alicyclic amines) is 1. The first-order chi connectivity index (χ1) is 11.2. The Morgan fingerprint density at radius 1 is 1.57 bits per heavy atom. The van der Waals surface area contributed by atoms with E-state index in [4.69, 9.17) is 0 Å². The molecule has 1 aromatic heterocycles. The van der Waals surface area contributed by atoms with Crippen LogP contribution in [-0.2, 0) is 16.1 Å². The van der Waals surface area contributed by atoms with Crippen LogP contribution in [0.25, 0.3) is 0 Å². The van der Waals surface area contributed by atoms with Gasteiger partial charge in [-0.05, 0) is 35.2 Å². The SMILES string of the molecule is C=CCN1C[C@@H](C(=O)N(CCCC)Cc2ccsc2)CCC1=O. The van der Waals surface area contributed by atoms with E-state index in [1.165, 1.54) is 5.56 Å². The van der Waals surface area contributed by atoms with Crippen molar-refractivity contribution in [3.63, 3.8) is 0 Å². The van der Waals surface area contributed by atoms with E-state index in [-0.39, 0.29) is 17.7 Å². The lowest BCUT2D eigenvalue weighted by Crippen LogP contribution is -2.47. The van der Waals surface area contributed by atoms with Crippen LogP contribution in [0.1, 0.15) is 38.2 Å². The fourth-order valence-corrected chi connectivity index (χ4v) is 3.59. The molecule has 5 heteroatoms. The highest BCUT2D eigenvalue weighted by Gasteiger charge is 2.32. The van der Waals surface area contributed by atoms with Gasteiger partial charge in [0.1, 0.15) is 0 Å². The van der Waals surface area contributed by atoms with Crippen molar-refractivity contribution in [2.75, 3.05) is 19.6 Å². The number of thiophene rings is 1. The first-order valence-corrected chi connectivity index (χ1v) is 9.28. The highest BCUT2D eigenvalue weighted by Crippen LogP contribution is 2.21. The van der Waals surface area contributed by atoms with E-state index in [1.807, 2.05) is 10.3 Å². The quantitative estimate of drug-likeness (QED) is 0.684. The Morgan fingerprint density at radius 2 is 2.39 bits per heavy atom. The second-order valence-corrected chi connectivity index (χ2v) is 6.85. The number of amides is 2. The van der Waals surface area contributed by atoms with Gasteiger partial charge < -0.3 is 9.80 Å². The van der Waals surface area contributed by atoms with Crippen molar-refractivity contribution in [1.82, 2.24) is 9.80 Å². The third-order valence-corrected chi connectivity index (χ3v) is 4.98. The predicted octanol–water partition coefficient (Wildman–Crippen LogP) is 3.30. The van der Waals surface area contributed by atoms with Gasteiger partial charge >= 0.3 is 0 Å². The van der Waals surface area contributed by atoms with Gasteiger partial charge in [-0.15, -0.1) is 6.58 Å². The normalized spacial score (nSPS) is 18.0. The number of carbonyl (C=O) groups excluding carboxylic acids is 2. The van der Waals surface area contributed by atoms with Crippen LogP contribution in [0.15, 0.2) is 29.5 Å². The van der Waals surface area contributed by atoms with Crippen LogP contribution >= 0.6 is 11.3 Å². The minimum Gasteiger partial charge on any atom is -0.338 e. The summed E-state index contributed by atoms with van der Waals surface area (Å²) >= 11 is 1.66. The number of nitrogens with zero attached hydrogens (tertiary/aromatic N) is 2. The van der Waals surface area contributed by atoms with Crippen molar-refractivity contribution in [2.45, 2.75) is 39.2 Å². The minimum atomic E-state index is -0.0804. The number of hydrogen-bond acceptors (Lipinski definition) is 3. The predicted molar refractivity (Wildman–Crippen MR) is 94.1 cm³/mol. The van der Waals surface area contributed by atoms with Crippen molar-refractivity contribution in [2.24, 2.45) is 5.92 Å². The fourth-order valence-electron chi connectivity index (χ4n) is 2.93. The van der Waals surface area contributed by atoms with Crippen LogP contribution in [0, 0.1) is 5.92 Å².